The lowest BCUT2D eigenvalue weighted by molar-refractivity contribution is 0.0696. The average molecular weight is 232 g/mol. The van der Waals surface area contributed by atoms with Crippen molar-refractivity contribution in [2.75, 3.05) is 0 Å². The van der Waals surface area contributed by atoms with E-state index < -0.39 is 11.5 Å². The molecule has 0 bridgehead atoms. The molecule has 0 amide bonds. The van der Waals surface area contributed by atoms with Gasteiger partial charge in [0.05, 0.1) is 5.69 Å². The number of rotatable bonds is 2. The van der Waals surface area contributed by atoms with Crippen molar-refractivity contribution in [3.05, 3.63) is 45.7 Å². The largest absolute Gasteiger partial charge is 0.477 e. The van der Waals surface area contributed by atoms with Gasteiger partial charge in [0.2, 0.25) is 0 Å². The highest BCUT2D eigenvalue weighted by Gasteiger charge is 2.20. The van der Waals surface area contributed by atoms with Crippen molar-refractivity contribution < 1.29 is 9.90 Å². The zero-order valence-corrected chi connectivity index (χ0v) is 9.52. The Labute approximate surface area is 97.3 Å². The SMILES string of the molecule is Cc1ccc(-c2[nH]n(C)c(=O)c2C(=O)O)cc1. The van der Waals surface area contributed by atoms with Crippen molar-refractivity contribution in [2.45, 2.75) is 6.92 Å². The molecule has 0 aliphatic carbocycles. The molecule has 0 aliphatic heterocycles. The van der Waals surface area contributed by atoms with Gasteiger partial charge in [-0.1, -0.05) is 29.8 Å². The van der Waals surface area contributed by atoms with E-state index in [-0.39, 0.29) is 5.56 Å². The summed E-state index contributed by atoms with van der Waals surface area (Å²) in [6, 6.07) is 7.30. The van der Waals surface area contributed by atoms with Crippen LogP contribution in [-0.2, 0) is 7.05 Å². The minimum absolute atomic E-state index is 0.226. The molecule has 0 unspecified atom stereocenters. The Hall–Kier alpha value is -2.30. The van der Waals surface area contributed by atoms with Gasteiger partial charge >= 0.3 is 5.97 Å². The second-order valence-corrected chi connectivity index (χ2v) is 3.90. The second kappa shape index (κ2) is 3.93. The van der Waals surface area contributed by atoms with Crippen LogP contribution in [-0.4, -0.2) is 20.9 Å². The summed E-state index contributed by atoms with van der Waals surface area (Å²) in [6.07, 6.45) is 0. The molecule has 0 saturated carbocycles. The topological polar surface area (TPSA) is 75.1 Å². The van der Waals surface area contributed by atoms with Crippen LogP contribution in [0.3, 0.4) is 0 Å². The number of nitrogens with one attached hydrogen (secondary N) is 1. The monoisotopic (exact) mass is 232 g/mol. The summed E-state index contributed by atoms with van der Waals surface area (Å²) < 4.78 is 1.17. The first-order chi connectivity index (χ1) is 8.00. The normalized spacial score (nSPS) is 10.5. The molecule has 5 nitrogen and oxygen atoms in total. The first-order valence-corrected chi connectivity index (χ1v) is 5.10. The summed E-state index contributed by atoms with van der Waals surface area (Å²) in [4.78, 5) is 22.7. The van der Waals surface area contributed by atoms with Crippen LogP contribution in [0.15, 0.2) is 29.1 Å². The molecule has 0 fully saturated rings. The minimum atomic E-state index is -1.22. The summed E-state index contributed by atoms with van der Waals surface area (Å²) in [5, 5.41) is 11.8. The van der Waals surface area contributed by atoms with E-state index in [0.717, 1.165) is 5.56 Å². The molecule has 0 radical (unpaired) electrons. The van der Waals surface area contributed by atoms with Crippen LogP contribution in [0.25, 0.3) is 11.3 Å². The number of H-pyrrole nitrogens is 1. The van der Waals surface area contributed by atoms with Crippen molar-refractivity contribution in [2.24, 2.45) is 7.05 Å². The lowest BCUT2D eigenvalue weighted by Gasteiger charge is -2.00. The predicted molar refractivity (Wildman–Crippen MR) is 63.2 cm³/mol. The van der Waals surface area contributed by atoms with E-state index >= 15 is 0 Å². The first kappa shape index (κ1) is 11.2. The van der Waals surface area contributed by atoms with Gasteiger partial charge in [-0.25, -0.2) is 4.79 Å². The summed E-state index contributed by atoms with van der Waals surface area (Å²) in [5.41, 5.74) is 1.34. The zero-order valence-electron chi connectivity index (χ0n) is 9.52. The number of nitrogens with zero attached hydrogens (tertiary/aromatic N) is 1. The number of benzene rings is 1. The minimum Gasteiger partial charge on any atom is -0.477 e. The van der Waals surface area contributed by atoms with Crippen LogP contribution in [0.1, 0.15) is 15.9 Å². The highest BCUT2D eigenvalue weighted by atomic mass is 16.4. The van der Waals surface area contributed by atoms with Gasteiger partial charge in [-0.2, -0.15) is 0 Å². The van der Waals surface area contributed by atoms with Crippen molar-refractivity contribution in [3.63, 3.8) is 0 Å². The number of aromatic nitrogens is 2. The fourth-order valence-corrected chi connectivity index (χ4v) is 1.68. The van der Waals surface area contributed by atoms with Crippen LogP contribution in [0.5, 0.6) is 0 Å². The number of aromatic amines is 1. The van der Waals surface area contributed by atoms with Gasteiger partial charge < -0.3 is 5.11 Å². The number of carbonyl (C=O) groups is 1. The van der Waals surface area contributed by atoms with E-state index in [2.05, 4.69) is 5.10 Å². The summed E-state index contributed by atoms with van der Waals surface area (Å²) in [6.45, 7) is 1.94. The summed E-state index contributed by atoms with van der Waals surface area (Å²) in [7, 11) is 1.49. The maximum Gasteiger partial charge on any atom is 0.343 e. The van der Waals surface area contributed by atoms with Crippen molar-refractivity contribution >= 4 is 5.97 Å². The van der Waals surface area contributed by atoms with Gasteiger partial charge in [0.15, 0.2) is 5.56 Å². The van der Waals surface area contributed by atoms with Crippen LogP contribution < -0.4 is 5.56 Å². The molecule has 1 aromatic heterocycles. The van der Waals surface area contributed by atoms with E-state index in [0.29, 0.717) is 11.3 Å². The standard InChI is InChI=1S/C12H12N2O3/c1-7-3-5-8(6-4-7)10-9(12(16)17)11(15)14(2)13-10/h3-6,13H,1-2H3,(H,16,17). The van der Waals surface area contributed by atoms with Crippen LogP contribution in [0.2, 0.25) is 0 Å². The smallest absolute Gasteiger partial charge is 0.343 e. The Kier molecular flexibility index (Phi) is 2.59. The summed E-state index contributed by atoms with van der Waals surface area (Å²) >= 11 is 0. The van der Waals surface area contributed by atoms with Gasteiger partial charge in [0.1, 0.15) is 0 Å². The lowest BCUT2D eigenvalue weighted by Crippen LogP contribution is -2.18. The van der Waals surface area contributed by atoms with Crippen molar-refractivity contribution in [1.82, 2.24) is 9.78 Å². The fourth-order valence-electron chi connectivity index (χ4n) is 1.68. The molecule has 88 valence electrons. The Bertz CT molecular complexity index is 620. The Morgan fingerprint density at radius 2 is 1.88 bits per heavy atom. The van der Waals surface area contributed by atoms with Gasteiger partial charge in [-0.3, -0.25) is 14.6 Å². The third kappa shape index (κ3) is 1.87. The highest BCUT2D eigenvalue weighted by molar-refractivity contribution is 5.94. The molecule has 1 heterocycles. The first-order valence-electron chi connectivity index (χ1n) is 5.10. The van der Waals surface area contributed by atoms with Gasteiger partial charge in [-0.05, 0) is 6.92 Å². The Morgan fingerprint density at radius 1 is 1.29 bits per heavy atom. The highest BCUT2D eigenvalue weighted by Crippen LogP contribution is 2.19. The molecule has 0 saturated heterocycles. The Morgan fingerprint density at radius 3 is 2.41 bits per heavy atom. The number of aryl methyl sites for hydroxylation is 2. The van der Waals surface area contributed by atoms with E-state index in [1.807, 2.05) is 19.1 Å². The van der Waals surface area contributed by atoms with Crippen molar-refractivity contribution in [3.8, 4) is 11.3 Å². The molecule has 0 spiro atoms. The zero-order chi connectivity index (χ0) is 12.6. The van der Waals surface area contributed by atoms with Gasteiger partial charge in [-0.15, -0.1) is 0 Å². The maximum absolute atomic E-state index is 11.6. The van der Waals surface area contributed by atoms with E-state index in [1.165, 1.54) is 11.7 Å². The summed E-state index contributed by atoms with van der Waals surface area (Å²) in [5.74, 6) is -1.22. The molecule has 0 atom stereocenters. The molecule has 5 heteroatoms. The van der Waals surface area contributed by atoms with Crippen LogP contribution in [0.4, 0.5) is 0 Å². The maximum atomic E-state index is 11.6. The number of aromatic carboxylic acids is 1. The Balaban J connectivity index is 2.67. The van der Waals surface area contributed by atoms with E-state index in [4.69, 9.17) is 5.11 Å². The molecule has 2 N–H and O–H groups in total. The number of carboxylic acid groups (broad SMARTS) is 1. The molecule has 17 heavy (non-hydrogen) atoms. The molecular weight excluding hydrogens is 220 g/mol. The van der Waals surface area contributed by atoms with E-state index in [9.17, 15) is 9.59 Å². The average Bonchev–Trinajstić information content (AvgIpc) is 2.56. The number of hydrogen-bond acceptors (Lipinski definition) is 2. The van der Waals surface area contributed by atoms with Crippen LogP contribution >= 0.6 is 0 Å². The third-order valence-corrected chi connectivity index (χ3v) is 2.60. The van der Waals surface area contributed by atoms with Crippen LogP contribution in [0, 0.1) is 6.92 Å². The lowest BCUT2D eigenvalue weighted by atomic mass is 10.1. The number of hydrogen-bond donors (Lipinski definition) is 2. The van der Waals surface area contributed by atoms with Gasteiger partial charge in [0, 0.05) is 12.6 Å². The molecule has 0 aliphatic rings. The predicted octanol–water partition coefficient (Wildman–Crippen LogP) is 1.39. The molecule has 1 aromatic carbocycles. The quantitative estimate of drug-likeness (QED) is 0.821. The molecule has 2 rings (SSSR count). The van der Waals surface area contributed by atoms with E-state index in [1.54, 1.807) is 12.1 Å². The third-order valence-electron chi connectivity index (χ3n) is 2.60. The second-order valence-electron chi connectivity index (χ2n) is 3.90. The van der Waals surface area contributed by atoms with Crippen molar-refractivity contribution in [1.29, 1.82) is 0 Å². The van der Waals surface area contributed by atoms with Gasteiger partial charge in [0.25, 0.3) is 5.56 Å². The number of carboxylic acids is 1. The fraction of sp³-hybridized carbons (Fsp3) is 0.167. The molecular formula is C12H12N2O3. The molecule has 2 aromatic rings.